The number of para-hydroxylation sites is 2. The SMILES string of the molecule is CCn1c(C2CCCN2C(=O)c2cc(C(C)C)on2)nc2ccccc21. The van der Waals surface area contributed by atoms with Crippen molar-refractivity contribution in [1.29, 1.82) is 0 Å². The van der Waals surface area contributed by atoms with E-state index in [-0.39, 0.29) is 17.9 Å². The fourth-order valence-electron chi connectivity index (χ4n) is 3.77. The van der Waals surface area contributed by atoms with Gasteiger partial charge in [0, 0.05) is 25.1 Å². The zero-order chi connectivity index (χ0) is 18.3. The first kappa shape index (κ1) is 16.8. The van der Waals surface area contributed by atoms with E-state index in [1.807, 2.05) is 36.9 Å². The van der Waals surface area contributed by atoms with E-state index in [0.29, 0.717) is 5.69 Å². The lowest BCUT2D eigenvalue weighted by Gasteiger charge is -2.24. The Morgan fingerprint density at radius 1 is 1.35 bits per heavy atom. The largest absolute Gasteiger partial charge is 0.360 e. The van der Waals surface area contributed by atoms with E-state index in [1.165, 1.54) is 0 Å². The molecule has 0 spiro atoms. The number of nitrogens with zero attached hydrogens (tertiary/aromatic N) is 4. The Hall–Kier alpha value is -2.63. The lowest BCUT2D eigenvalue weighted by Crippen LogP contribution is -2.32. The molecular formula is C20H24N4O2. The average Bonchev–Trinajstić information content (AvgIpc) is 3.37. The Morgan fingerprint density at radius 3 is 2.88 bits per heavy atom. The van der Waals surface area contributed by atoms with Gasteiger partial charge in [0.1, 0.15) is 11.6 Å². The fourth-order valence-corrected chi connectivity index (χ4v) is 3.77. The molecule has 1 aromatic carbocycles. The molecule has 0 bridgehead atoms. The van der Waals surface area contributed by atoms with Crippen molar-refractivity contribution in [2.75, 3.05) is 6.54 Å². The van der Waals surface area contributed by atoms with Crippen molar-refractivity contribution in [1.82, 2.24) is 19.6 Å². The standard InChI is InChI=1S/C20H24N4O2/c1-4-23-16-9-6-5-8-14(16)21-19(23)17-10-7-11-24(17)20(25)15-12-18(13(2)3)26-22-15/h5-6,8-9,12-13,17H,4,7,10-11H2,1-3H3. The number of likely N-dealkylation sites (tertiary alicyclic amines) is 1. The molecule has 0 N–H and O–H groups in total. The Kier molecular flexibility index (Phi) is 4.26. The van der Waals surface area contributed by atoms with Crippen molar-refractivity contribution in [2.24, 2.45) is 0 Å². The van der Waals surface area contributed by atoms with Gasteiger partial charge in [0.15, 0.2) is 5.69 Å². The molecule has 1 atom stereocenters. The molecule has 1 saturated heterocycles. The smallest absolute Gasteiger partial charge is 0.276 e. The maximum absolute atomic E-state index is 13.0. The molecule has 26 heavy (non-hydrogen) atoms. The number of carbonyl (C=O) groups is 1. The second-order valence-corrected chi connectivity index (χ2v) is 7.13. The van der Waals surface area contributed by atoms with Crippen LogP contribution in [0.1, 0.15) is 67.6 Å². The molecule has 6 heteroatoms. The van der Waals surface area contributed by atoms with E-state index in [0.717, 1.165) is 48.5 Å². The quantitative estimate of drug-likeness (QED) is 0.708. The number of hydrogen-bond donors (Lipinski definition) is 0. The minimum atomic E-state index is -0.0714. The Bertz CT molecular complexity index is 940. The van der Waals surface area contributed by atoms with E-state index >= 15 is 0 Å². The summed E-state index contributed by atoms with van der Waals surface area (Å²) in [5.74, 6) is 1.84. The summed E-state index contributed by atoms with van der Waals surface area (Å²) in [6.45, 7) is 7.72. The van der Waals surface area contributed by atoms with Crippen LogP contribution < -0.4 is 0 Å². The van der Waals surface area contributed by atoms with Crippen LogP contribution in [0.25, 0.3) is 11.0 Å². The highest BCUT2D eigenvalue weighted by Crippen LogP contribution is 2.34. The Morgan fingerprint density at radius 2 is 2.15 bits per heavy atom. The van der Waals surface area contributed by atoms with E-state index in [4.69, 9.17) is 9.51 Å². The summed E-state index contributed by atoms with van der Waals surface area (Å²) in [6.07, 6.45) is 1.89. The topological polar surface area (TPSA) is 64.2 Å². The fraction of sp³-hybridized carbons (Fsp3) is 0.450. The van der Waals surface area contributed by atoms with Crippen LogP contribution in [0.15, 0.2) is 34.9 Å². The molecule has 3 aromatic rings. The molecule has 0 radical (unpaired) electrons. The van der Waals surface area contributed by atoms with Crippen LogP contribution in [-0.4, -0.2) is 32.1 Å². The van der Waals surface area contributed by atoms with Gasteiger partial charge in [-0.2, -0.15) is 0 Å². The number of amides is 1. The van der Waals surface area contributed by atoms with E-state index < -0.39 is 0 Å². The van der Waals surface area contributed by atoms with Gasteiger partial charge in [-0.05, 0) is 31.9 Å². The maximum atomic E-state index is 13.0. The van der Waals surface area contributed by atoms with E-state index in [2.05, 4.69) is 22.7 Å². The Balaban J connectivity index is 1.69. The van der Waals surface area contributed by atoms with E-state index in [9.17, 15) is 4.79 Å². The predicted molar refractivity (Wildman–Crippen MR) is 99.0 cm³/mol. The molecule has 0 saturated carbocycles. The zero-order valence-electron chi connectivity index (χ0n) is 15.5. The number of hydrogen-bond acceptors (Lipinski definition) is 4. The van der Waals surface area contributed by atoms with Gasteiger partial charge in [0.25, 0.3) is 5.91 Å². The molecule has 1 unspecified atom stereocenters. The second-order valence-electron chi connectivity index (χ2n) is 7.13. The Labute approximate surface area is 152 Å². The predicted octanol–water partition coefficient (Wildman–Crippen LogP) is 4.14. The van der Waals surface area contributed by atoms with Gasteiger partial charge in [0.2, 0.25) is 0 Å². The van der Waals surface area contributed by atoms with Crippen molar-refractivity contribution in [2.45, 2.75) is 52.1 Å². The lowest BCUT2D eigenvalue weighted by atomic mass is 10.1. The minimum Gasteiger partial charge on any atom is -0.360 e. The summed E-state index contributed by atoms with van der Waals surface area (Å²) >= 11 is 0. The van der Waals surface area contributed by atoms with Crippen LogP contribution in [-0.2, 0) is 6.54 Å². The van der Waals surface area contributed by atoms with Crippen LogP contribution >= 0.6 is 0 Å². The van der Waals surface area contributed by atoms with Crippen molar-refractivity contribution in [3.8, 4) is 0 Å². The third-order valence-corrected chi connectivity index (χ3v) is 5.13. The van der Waals surface area contributed by atoms with Crippen LogP contribution in [0.5, 0.6) is 0 Å². The molecule has 3 heterocycles. The van der Waals surface area contributed by atoms with Gasteiger partial charge >= 0.3 is 0 Å². The zero-order valence-corrected chi connectivity index (χ0v) is 15.5. The monoisotopic (exact) mass is 352 g/mol. The molecular weight excluding hydrogens is 328 g/mol. The van der Waals surface area contributed by atoms with Gasteiger partial charge in [-0.1, -0.05) is 31.1 Å². The van der Waals surface area contributed by atoms with Crippen molar-refractivity contribution < 1.29 is 9.32 Å². The number of imidazole rings is 1. The number of rotatable bonds is 4. The van der Waals surface area contributed by atoms with Crippen LogP contribution in [0.3, 0.4) is 0 Å². The first-order valence-corrected chi connectivity index (χ1v) is 9.33. The molecule has 1 fully saturated rings. The molecule has 6 nitrogen and oxygen atoms in total. The second kappa shape index (κ2) is 6.59. The lowest BCUT2D eigenvalue weighted by molar-refractivity contribution is 0.0717. The summed E-state index contributed by atoms with van der Waals surface area (Å²) in [7, 11) is 0. The van der Waals surface area contributed by atoms with Crippen molar-refractivity contribution in [3.63, 3.8) is 0 Å². The van der Waals surface area contributed by atoms with Gasteiger partial charge in [-0.15, -0.1) is 0 Å². The van der Waals surface area contributed by atoms with Gasteiger partial charge in [-0.3, -0.25) is 4.79 Å². The number of carbonyl (C=O) groups excluding carboxylic acids is 1. The normalized spacial score (nSPS) is 17.5. The summed E-state index contributed by atoms with van der Waals surface area (Å²) < 4.78 is 7.54. The number of benzene rings is 1. The van der Waals surface area contributed by atoms with Gasteiger partial charge < -0.3 is 14.0 Å². The summed E-state index contributed by atoms with van der Waals surface area (Å²) in [5, 5.41) is 4.00. The van der Waals surface area contributed by atoms with Crippen LogP contribution in [0.4, 0.5) is 0 Å². The van der Waals surface area contributed by atoms with Gasteiger partial charge in [0.05, 0.1) is 17.1 Å². The number of aromatic nitrogens is 3. The summed E-state index contributed by atoms with van der Waals surface area (Å²) in [4.78, 5) is 19.8. The summed E-state index contributed by atoms with van der Waals surface area (Å²) in [5.41, 5.74) is 2.49. The molecule has 1 aliphatic rings. The van der Waals surface area contributed by atoms with Crippen molar-refractivity contribution >= 4 is 16.9 Å². The highest BCUT2D eigenvalue weighted by atomic mass is 16.5. The maximum Gasteiger partial charge on any atom is 0.276 e. The van der Waals surface area contributed by atoms with Crippen molar-refractivity contribution in [3.05, 3.63) is 47.6 Å². The minimum absolute atomic E-state index is 0.0194. The number of aryl methyl sites for hydroxylation is 1. The van der Waals surface area contributed by atoms with Crippen LogP contribution in [0, 0.1) is 0 Å². The molecule has 1 amide bonds. The first-order chi connectivity index (χ1) is 12.6. The third-order valence-electron chi connectivity index (χ3n) is 5.13. The average molecular weight is 352 g/mol. The number of fused-ring (bicyclic) bond motifs is 1. The van der Waals surface area contributed by atoms with E-state index in [1.54, 1.807) is 6.07 Å². The molecule has 136 valence electrons. The summed E-state index contributed by atoms with van der Waals surface area (Å²) in [6, 6.07) is 9.89. The molecule has 4 rings (SSSR count). The first-order valence-electron chi connectivity index (χ1n) is 9.33. The molecule has 1 aliphatic heterocycles. The highest BCUT2D eigenvalue weighted by Gasteiger charge is 2.35. The highest BCUT2D eigenvalue weighted by molar-refractivity contribution is 5.92. The molecule has 2 aromatic heterocycles. The molecule has 0 aliphatic carbocycles. The third kappa shape index (κ3) is 2.69. The van der Waals surface area contributed by atoms with Crippen LogP contribution in [0.2, 0.25) is 0 Å². The van der Waals surface area contributed by atoms with Gasteiger partial charge in [-0.25, -0.2) is 4.98 Å².